The molecular weight excluding hydrogens is 274 g/mol. The fraction of sp³-hybridized carbons (Fsp3) is 0.188. The van der Waals surface area contributed by atoms with Crippen LogP contribution in [0.25, 0.3) is 0 Å². The fourth-order valence-corrected chi connectivity index (χ4v) is 1.94. The van der Waals surface area contributed by atoms with Gasteiger partial charge in [-0.15, -0.1) is 0 Å². The molecule has 0 amide bonds. The van der Waals surface area contributed by atoms with Crippen molar-refractivity contribution in [2.24, 2.45) is 0 Å². The Morgan fingerprint density at radius 2 is 1.86 bits per heavy atom. The molecule has 1 atom stereocenters. The number of ether oxygens (including phenoxy) is 1. The molecule has 0 saturated carbocycles. The molecule has 2 aromatic carbocycles. The molecule has 0 aliphatic carbocycles. The Labute approximate surface area is 121 Å². The molecule has 21 heavy (non-hydrogen) atoms. The van der Waals surface area contributed by atoms with Gasteiger partial charge in [0.05, 0.1) is 11.6 Å². The van der Waals surface area contributed by atoms with Gasteiger partial charge in [0, 0.05) is 17.8 Å². The van der Waals surface area contributed by atoms with E-state index in [9.17, 15) is 8.78 Å². The molecule has 0 bridgehead atoms. The summed E-state index contributed by atoms with van der Waals surface area (Å²) in [7, 11) is 0. The molecule has 0 radical (unpaired) electrons. The van der Waals surface area contributed by atoms with Crippen molar-refractivity contribution >= 4 is 5.69 Å². The molecule has 1 N–H and O–H groups in total. The summed E-state index contributed by atoms with van der Waals surface area (Å²) in [5, 5.41) is 12.0. The van der Waals surface area contributed by atoms with Crippen LogP contribution >= 0.6 is 0 Å². The molecule has 2 rings (SSSR count). The molecule has 0 heterocycles. The molecular formula is C16H14F2N2O. The van der Waals surface area contributed by atoms with Crippen LogP contribution in [0.5, 0.6) is 5.75 Å². The largest absolute Gasteiger partial charge is 0.435 e. The minimum atomic E-state index is -2.84. The molecule has 2 aromatic rings. The highest BCUT2D eigenvalue weighted by atomic mass is 19.3. The van der Waals surface area contributed by atoms with E-state index in [-0.39, 0.29) is 11.8 Å². The Bertz CT molecular complexity index is 635. The van der Waals surface area contributed by atoms with E-state index in [0.717, 1.165) is 5.56 Å². The molecule has 1 unspecified atom stereocenters. The van der Waals surface area contributed by atoms with Crippen LogP contribution in [0.2, 0.25) is 0 Å². The molecule has 5 heteroatoms. The quantitative estimate of drug-likeness (QED) is 0.890. The number of nitrogens with zero attached hydrogens (tertiary/aromatic N) is 1. The van der Waals surface area contributed by atoms with Crippen LogP contribution < -0.4 is 10.1 Å². The molecule has 0 aromatic heterocycles. The van der Waals surface area contributed by atoms with Crippen molar-refractivity contribution in [1.82, 2.24) is 0 Å². The summed E-state index contributed by atoms with van der Waals surface area (Å²) in [5.41, 5.74) is 2.28. The summed E-state index contributed by atoms with van der Waals surface area (Å²) in [6, 6.07) is 15.6. The van der Waals surface area contributed by atoms with Crippen molar-refractivity contribution in [1.29, 1.82) is 5.26 Å². The van der Waals surface area contributed by atoms with Crippen LogP contribution in [0, 0.1) is 11.3 Å². The minimum absolute atomic E-state index is 0.0282. The molecule has 108 valence electrons. The highest BCUT2D eigenvalue weighted by Gasteiger charge is 2.08. The number of alkyl halides is 2. The van der Waals surface area contributed by atoms with Gasteiger partial charge in [0.15, 0.2) is 0 Å². The SMILES string of the molecule is CC(Nc1cccc(OC(F)F)c1)c1ccc(C#N)cc1. The normalized spacial score (nSPS) is 11.8. The van der Waals surface area contributed by atoms with Crippen LogP contribution in [0.3, 0.4) is 0 Å². The zero-order valence-electron chi connectivity index (χ0n) is 11.4. The first-order valence-electron chi connectivity index (χ1n) is 6.40. The third-order valence-electron chi connectivity index (χ3n) is 2.98. The molecule has 0 spiro atoms. The Balaban J connectivity index is 2.08. The van der Waals surface area contributed by atoms with Crippen LogP contribution in [-0.4, -0.2) is 6.61 Å². The Morgan fingerprint density at radius 1 is 1.14 bits per heavy atom. The van der Waals surface area contributed by atoms with Crippen molar-refractivity contribution < 1.29 is 13.5 Å². The maximum absolute atomic E-state index is 12.2. The van der Waals surface area contributed by atoms with Crippen LogP contribution in [0.1, 0.15) is 24.1 Å². The summed E-state index contributed by atoms with van der Waals surface area (Å²) in [6.07, 6.45) is 0. The lowest BCUT2D eigenvalue weighted by atomic mass is 10.1. The van der Waals surface area contributed by atoms with Gasteiger partial charge < -0.3 is 10.1 Å². The van der Waals surface area contributed by atoms with Gasteiger partial charge in [0.25, 0.3) is 0 Å². The Morgan fingerprint density at radius 3 is 2.48 bits per heavy atom. The highest BCUT2D eigenvalue weighted by molar-refractivity contribution is 5.50. The molecule has 0 fully saturated rings. The highest BCUT2D eigenvalue weighted by Crippen LogP contribution is 2.24. The van der Waals surface area contributed by atoms with Crippen molar-refractivity contribution in [2.45, 2.75) is 19.6 Å². The van der Waals surface area contributed by atoms with Gasteiger partial charge in [-0.1, -0.05) is 18.2 Å². The Hall–Kier alpha value is -2.61. The first-order chi connectivity index (χ1) is 10.1. The van der Waals surface area contributed by atoms with E-state index in [1.165, 1.54) is 12.1 Å². The number of halogens is 2. The summed E-state index contributed by atoms with van der Waals surface area (Å²) in [6.45, 7) is -0.890. The number of hydrogen-bond acceptors (Lipinski definition) is 3. The van der Waals surface area contributed by atoms with E-state index in [0.29, 0.717) is 11.3 Å². The number of rotatable bonds is 5. The van der Waals surface area contributed by atoms with Gasteiger partial charge in [0.2, 0.25) is 0 Å². The molecule has 0 aliphatic heterocycles. The minimum Gasteiger partial charge on any atom is -0.435 e. The van der Waals surface area contributed by atoms with Gasteiger partial charge in [-0.05, 0) is 36.8 Å². The molecule has 3 nitrogen and oxygen atoms in total. The lowest BCUT2D eigenvalue weighted by Gasteiger charge is -2.16. The monoisotopic (exact) mass is 288 g/mol. The van der Waals surface area contributed by atoms with Gasteiger partial charge in [-0.2, -0.15) is 14.0 Å². The average molecular weight is 288 g/mol. The van der Waals surface area contributed by atoms with E-state index in [1.807, 2.05) is 19.1 Å². The van der Waals surface area contributed by atoms with E-state index in [2.05, 4.69) is 16.1 Å². The van der Waals surface area contributed by atoms with E-state index < -0.39 is 6.61 Å². The zero-order valence-corrected chi connectivity index (χ0v) is 11.4. The maximum atomic E-state index is 12.2. The smallest absolute Gasteiger partial charge is 0.387 e. The van der Waals surface area contributed by atoms with Crippen molar-refractivity contribution in [3.63, 3.8) is 0 Å². The predicted molar refractivity (Wildman–Crippen MR) is 76.3 cm³/mol. The lowest BCUT2D eigenvalue weighted by molar-refractivity contribution is -0.0498. The molecule has 0 saturated heterocycles. The lowest BCUT2D eigenvalue weighted by Crippen LogP contribution is -2.07. The number of anilines is 1. The summed E-state index contributed by atoms with van der Waals surface area (Å²) < 4.78 is 28.7. The van der Waals surface area contributed by atoms with Crippen molar-refractivity contribution in [3.8, 4) is 11.8 Å². The van der Waals surface area contributed by atoms with E-state index in [1.54, 1.807) is 24.3 Å². The standard InChI is InChI=1S/C16H14F2N2O/c1-11(13-7-5-12(10-19)6-8-13)20-14-3-2-4-15(9-14)21-16(17)18/h2-9,11,16,20H,1H3. The number of benzene rings is 2. The summed E-state index contributed by atoms with van der Waals surface area (Å²) >= 11 is 0. The third-order valence-corrected chi connectivity index (χ3v) is 2.98. The first kappa shape index (κ1) is 14.8. The van der Waals surface area contributed by atoms with Gasteiger partial charge in [-0.3, -0.25) is 0 Å². The summed E-state index contributed by atoms with van der Waals surface area (Å²) in [5.74, 6) is 0.113. The van der Waals surface area contributed by atoms with E-state index >= 15 is 0 Å². The topological polar surface area (TPSA) is 45.0 Å². The van der Waals surface area contributed by atoms with Crippen molar-refractivity contribution in [2.75, 3.05) is 5.32 Å². The second kappa shape index (κ2) is 6.71. The summed E-state index contributed by atoms with van der Waals surface area (Å²) in [4.78, 5) is 0. The number of nitrogens with one attached hydrogen (secondary N) is 1. The van der Waals surface area contributed by atoms with Gasteiger partial charge in [0.1, 0.15) is 5.75 Å². The van der Waals surface area contributed by atoms with Crippen LogP contribution in [-0.2, 0) is 0 Å². The zero-order chi connectivity index (χ0) is 15.2. The van der Waals surface area contributed by atoms with Crippen LogP contribution in [0.15, 0.2) is 48.5 Å². The van der Waals surface area contributed by atoms with E-state index in [4.69, 9.17) is 5.26 Å². The Kier molecular flexibility index (Phi) is 4.72. The number of hydrogen-bond donors (Lipinski definition) is 1. The van der Waals surface area contributed by atoms with Crippen molar-refractivity contribution in [3.05, 3.63) is 59.7 Å². The van der Waals surface area contributed by atoms with Crippen LogP contribution in [0.4, 0.5) is 14.5 Å². The average Bonchev–Trinajstić information content (AvgIpc) is 2.47. The third kappa shape index (κ3) is 4.18. The fourth-order valence-electron chi connectivity index (χ4n) is 1.94. The maximum Gasteiger partial charge on any atom is 0.387 e. The van der Waals surface area contributed by atoms with Gasteiger partial charge in [-0.25, -0.2) is 0 Å². The first-order valence-corrected chi connectivity index (χ1v) is 6.40. The van der Waals surface area contributed by atoms with Gasteiger partial charge >= 0.3 is 6.61 Å². The predicted octanol–water partition coefficient (Wildman–Crippen LogP) is 4.33. The second-order valence-corrected chi connectivity index (χ2v) is 4.51. The second-order valence-electron chi connectivity index (χ2n) is 4.51. The number of nitriles is 1. The molecule has 0 aliphatic rings.